The Morgan fingerprint density at radius 2 is 2.15 bits per heavy atom. The fourth-order valence-corrected chi connectivity index (χ4v) is 3.12. The summed E-state index contributed by atoms with van der Waals surface area (Å²) >= 11 is 0. The van der Waals surface area contributed by atoms with E-state index < -0.39 is 0 Å². The lowest BCUT2D eigenvalue weighted by Gasteiger charge is -2.22. The van der Waals surface area contributed by atoms with Crippen LogP contribution in [0.4, 0.5) is 0 Å². The number of hydrogen-bond acceptors (Lipinski definition) is 4. The third-order valence-electron chi connectivity index (χ3n) is 4.37. The molecule has 2 N–H and O–H groups in total. The van der Waals surface area contributed by atoms with Gasteiger partial charge in [-0.05, 0) is 36.1 Å². The molecular weight excluding hydrogens is 252 g/mol. The van der Waals surface area contributed by atoms with Crippen LogP contribution in [0, 0.1) is 5.92 Å². The lowest BCUT2D eigenvalue weighted by atomic mass is 9.98. The van der Waals surface area contributed by atoms with E-state index in [1.165, 1.54) is 11.1 Å². The van der Waals surface area contributed by atoms with E-state index >= 15 is 0 Å². The van der Waals surface area contributed by atoms with Crippen LogP contribution in [0.3, 0.4) is 0 Å². The smallest absolute Gasteiger partial charge is 0.163 e. The molecule has 0 spiro atoms. The van der Waals surface area contributed by atoms with Crippen molar-refractivity contribution in [3.8, 4) is 11.4 Å². The van der Waals surface area contributed by atoms with E-state index in [-0.39, 0.29) is 0 Å². The number of rotatable bonds is 2. The van der Waals surface area contributed by atoms with E-state index in [1.54, 1.807) is 0 Å². The summed E-state index contributed by atoms with van der Waals surface area (Å²) in [5.74, 6) is 2.59. The molecule has 0 aliphatic carbocycles. The van der Waals surface area contributed by atoms with Crippen LogP contribution in [0.15, 0.2) is 18.2 Å². The Bertz CT molecular complexity index is 649. The number of ether oxygens (including phenoxy) is 1. The molecule has 1 aromatic heterocycles. The van der Waals surface area contributed by atoms with Crippen molar-refractivity contribution < 1.29 is 4.74 Å². The maximum absolute atomic E-state index is 5.77. The minimum absolute atomic E-state index is 0.549. The van der Waals surface area contributed by atoms with E-state index in [4.69, 9.17) is 10.5 Å². The largest absolute Gasteiger partial charge is 0.372 e. The van der Waals surface area contributed by atoms with E-state index in [0.717, 1.165) is 49.8 Å². The first-order valence-corrected chi connectivity index (χ1v) is 7.17. The first-order chi connectivity index (χ1) is 9.85. The Labute approximate surface area is 117 Å². The van der Waals surface area contributed by atoms with Gasteiger partial charge in [0.2, 0.25) is 0 Å². The zero-order valence-corrected chi connectivity index (χ0v) is 11.4. The second-order valence-electron chi connectivity index (χ2n) is 5.66. The number of nitrogens with two attached hydrogens (primary N) is 1. The molecule has 20 heavy (non-hydrogen) atoms. The molecule has 0 saturated heterocycles. The van der Waals surface area contributed by atoms with Crippen molar-refractivity contribution in [3.05, 3.63) is 35.2 Å². The van der Waals surface area contributed by atoms with Gasteiger partial charge >= 0.3 is 0 Å². The Kier molecular flexibility index (Phi) is 2.82. The summed E-state index contributed by atoms with van der Waals surface area (Å²) in [7, 11) is 0. The van der Waals surface area contributed by atoms with Gasteiger partial charge in [-0.2, -0.15) is 0 Å². The van der Waals surface area contributed by atoms with Crippen molar-refractivity contribution in [2.75, 3.05) is 6.54 Å². The first kappa shape index (κ1) is 12.1. The molecule has 5 nitrogen and oxygen atoms in total. The number of hydrogen-bond donors (Lipinski definition) is 1. The summed E-state index contributed by atoms with van der Waals surface area (Å²) in [6.07, 6.45) is 2.06. The van der Waals surface area contributed by atoms with Crippen molar-refractivity contribution in [3.63, 3.8) is 0 Å². The molecule has 0 bridgehead atoms. The highest BCUT2D eigenvalue weighted by molar-refractivity contribution is 5.58. The van der Waals surface area contributed by atoms with Gasteiger partial charge in [-0.1, -0.05) is 12.1 Å². The molecule has 1 aromatic carbocycles. The van der Waals surface area contributed by atoms with Crippen LogP contribution in [0.1, 0.15) is 23.4 Å². The normalized spacial score (nSPS) is 20.8. The summed E-state index contributed by atoms with van der Waals surface area (Å²) in [6, 6.07) is 6.46. The number of nitrogens with zero attached hydrogens (tertiary/aromatic N) is 3. The molecule has 0 saturated carbocycles. The SMILES string of the molecule is NCC1CCn2c(nnc2-c2ccc3c(c2)COC3)C1. The Morgan fingerprint density at radius 1 is 1.25 bits per heavy atom. The van der Waals surface area contributed by atoms with E-state index in [2.05, 4.69) is 33.0 Å². The van der Waals surface area contributed by atoms with Crippen molar-refractivity contribution in [2.45, 2.75) is 32.6 Å². The Balaban J connectivity index is 1.72. The van der Waals surface area contributed by atoms with Crippen molar-refractivity contribution in [1.82, 2.24) is 14.8 Å². The summed E-state index contributed by atoms with van der Waals surface area (Å²) in [6.45, 7) is 3.14. The highest BCUT2D eigenvalue weighted by Crippen LogP contribution is 2.29. The summed E-state index contributed by atoms with van der Waals surface area (Å²) in [5, 5.41) is 8.74. The molecular formula is C15H18N4O. The van der Waals surface area contributed by atoms with Gasteiger partial charge in [0, 0.05) is 18.5 Å². The fourth-order valence-electron chi connectivity index (χ4n) is 3.12. The molecule has 0 radical (unpaired) electrons. The van der Waals surface area contributed by atoms with Crippen molar-refractivity contribution in [2.24, 2.45) is 11.7 Å². The zero-order valence-electron chi connectivity index (χ0n) is 11.4. The average Bonchev–Trinajstić information content (AvgIpc) is 3.11. The lowest BCUT2D eigenvalue weighted by Crippen LogP contribution is -2.25. The molecule has 3 heterocycles. The summed E-state index contributed by atoms with van der Waals surface area (Å²) in [4.78, 5) is 0. The highest BCUT2D eigenvalue weighted by Gasteiger charge is 2.23. The average molecular weight is 270 g/mol. The van der Waals surface area contributed by atoms with Gasteiger partial charge in [-0.15, -0.1) is 10.2 Å². The zero-order chi connectivity index (χ0) is 13.5. The minimum Gasteiger partial charge on any atom is -0.372 e. The van der Waals surface area contributed by atoms with Crippen LogP contribution < -0.4 is 5.73 Å². The van der Waals surface area contributed by atoms with Gasteiger partial charge in [0.15, 0.2) is 5.82 Å². The van der Waals surface area contributed by atoms with E-state index in [1.807, 2.05) is 0 Å². The third kappa shape index (κ3) is 1.85. The monoisotopic (exact) mass is 270 g/mol. The van der Waals surface area contributed by atoms with Gasteiger partial charge in [0.1, 0.15) is 5.82 Å². The predicted molar refractivity (Wildman–Crippen MR) is 74.8 cm³/mol. The molecule has 2 aliphatic heterocycles. The third-order valence-corrected chi connectivity index (χ3v) is 4.37. The van der Waals surface area contributed by atoms with Crippen LogP contribution in [-0.2, 0) is 30.9 Å². The quantitative estimate of drug-likeness (QED) is 0.898. The Morgan fingerprint density at radius 3 is 3.05 bits per heavy atom. The van der Waals surface area contributed by atoms with Gasteiger partial charge in [0.05, 0.1) is 13.2 Å². The van der Waals surface area contributed by atoms with Crippen LogP contribution in [0.25, 0.3) is 11.4 Å². The second-order valence-corrected chi connectivity index (χ2v) is 5.66. The second kappa shape index (κ2) is 4.68. The molecule has 4 rings (SSSR count). The maximum Gasteiger partial charge on any atom is 0.163 e. The topological polar surface area (TPSA) is 66.0 Å². The van der Waals surface area contributed by atoms with Crippen LogP contribution >= 0.6 is 0 Å². The van der Waals surface area contributed by atoms with E-state index in [9.17, 15) is 0 Å². The first-order valence-electron chi connectivity index (χ1n) is 7.17. The van der Waals surface area contributed by atoms with Crippen molar-refractivity contribution >= 4 is 0 Å². The number of benzene rings is 1. The van der Waals surface area contributed by atoms with E-state index in [0.29, 0.717) is 12.5 Å². The molecule has 1 unspecified atom stereocenters. The van der Waals surface area contributed by atoms with Gasteiger partial charge < -0.3 is 15.0 Å². The van der Waals surface area contributed by atoms with Crippen LogP contribution in [0.2, 0.25) is 0 Å². The lowest BCUT2D eigenvalue weighted by molar-refractivity contribution is 0.134. The fraction of sp³-hybridized carbons (Fsp3) is 0.467. The van der Waals surface area contributed by atoms with Gasteiger partial charge in [0.25, 0.3) is 0 Å². The highest BCUT2D eigenvalue weighted by atomic mass is 16.5. The molecule has 2 aromatic rings. The van der Waals surface area contributed by atoms with Gasteiger partial charge in [-0.25, -0.2) is 0 Å². The summed E-state index contributed by atoms with van der Waals surface area (Å²) < 4.78 is 7.71. The molecule has 1 atom stereocenters. The summed E-state index contributed by atoms with van der Waals surface area (Å²) in [5.41, 5.74) is 9.47. The van der Waals surface area contributed by atoms with Gasteiger partial charge in [-0.3, -0.25) is 0 Å². The minimum atomic E-state index is 0.549. The maximum atomic E-state index is 5.77. The predicted octanol–water partition coefficient (Wildman–Crippen LogP) is 1.50. The number of fused-ring (bicyclic) bond motifs is 2. The molecule has 104 valence electrons. The number of aromatic nitrogens is 3. The molecule has 2 aliphatic rings. The van der Waals surface area contributed by atoms with Crippen LogP contribution in [-0.4, -0.2) is 21.3 Å². The molecule has 5 heteroatoms. The standard InChI is InChI=1S/C15H18N4O/c16-7-10-3-4-19-14(5-10)17-18-15(19)11-1-2-12-8-20-9-13(12)6-11/h1-2,6,10H,3-5,7-9,16H2. The molecule has 0 amide bonds. The molecule has 0 fully saturated rings. The van der Waals surface area contributed by atoms with Crippen LogP contribution in [0.5, 0.6) is 0 Å². The Hall–Kier alpha value is -1.72. The van der Waals surface area contributed by atoms with Crippen molar-refractivity contribution in [1.29, 1.82) is 0 Å².